The van der Waals surface area contributed by atoms with Crippen LogP contribution in [0.25, 0.3) is 0 Å². The highest BCUT2D eigenvalue weighted by Gasteiger charge is 2.44. The molecule has 1 aromatic carbocycles. The summed E-state index contributed by atoms with van der Waals surface area (Å²) in [4.78, 5) is 11.0. The van der Waals surface area contributed by atoms with E-state index >= 15 is 0 Å². The highest BCUT2D eigenvalue weighted by molar-refractivity contribution is 5.73. The summed E-state index contributed by atoms with van der Waals surface area (Å²) >= 11 is 0. The minimum atomic E-state index is -0.212. The number of hydrogen-bond acceptors (Lipinski definition) is 3. The average molecular weight is 204 g/mol. The minimum absolute atomic E-state index is 0.212. The Kier molecular flexibility index (Phi) is 1.83. The average Bonchev–Trinajstić information content (AvgIpc) is 3.09. The normalized spacial score (nSPS) is 21.3. The molecule has 3 nitrogen and oxygen atoms in total. The topological polar surface area (TPSA) is 35.5 Å². The molecule has 1 aromatic rings. The molecule has 1 aliphatic carbocycles. The molecule has 2 aliphatic rings. The van der Waals surface area contributed by atoms with Crippen LogP contribution in [-0.2, 0) is 21.6 Å². The Labute approximate surface area is 88.0 Å². The van der Waals surface area contributed by atoms with E-state index in [4.69, 9.17) is 9.47 Å². The second-order valence-electron chi connectivity index (χ2n) is 4.21. The summed E-state index contributed by atoms with van der Waals surface area (Å²) in [5.74, 6) is 0.867. The van der Waals surface area contributed by atoms with Crippen LogP contribution in [-0.4, -0.2) is 13.1 Å². The largest absolute Gasteiger partial charge is 0.467 e. The summed E-state index contributed by atoms with van der Waals surface area (Å²) in [5.41, 5.74) is 1.93. The Morgan fingerprint density at radius 2 is 2.20 bits per heavy atom. The number of ether oxygens (including phenoxy) is 2. The van der Waals surface area contributed by atoms with Gasteiger partial charge in [-0.15, -0.1) is 0 Å². The van der Waals surface area contributed by atoms with Crippen LogP contribution < -0.4 is 4.74 Å². The van der Waals surface area contributed by atoms with Gasteiger partial charge in [0.25, 0.3) is 0 Å². The number of carbonyl (C=O) groups is 1. The van der Waals surface area contributed by atoms with E-state index in [9.17, 15) is 4.79 Å². The van der Waals surface area contributed by atoms with Crippen molar-refractivity contribution >= 4 is 6.29 Å². The smallest absolute Gasteiger partial charge is 0.189 e. The van der Waals surface area contributed by atoms with Gasteiger partial charge in [0.1, 0.15) is 12.0 Å². The van der Waals surface area contributed by atoms with Gasteiger partial charge in [-0.1, -0.05) is 12.1 Å². The van der Waals surface area contributed by atoms with Crippen LogP contribution in [0.3, 0.4) is 0 Å². The lowest BCUT2D eigenvalue weighted by Crippen LogP contribution is -2.14. The first-order valence-corrected chi connectivity index (χ1v) is 5.14. The van der Waals surface area contributed by atoms with Crippen molar-refractivity contribution in [1.29, 1.82) is 0 Å². The van der Waals surface area contributed by atoms with E-state index in [-0.39, 0.29) is 5.41 Å². The molecule has 0 radical (unpaired) electrons. The SMILES string of the molecule is O=CC1(c2ccc3c(c2)OCOC3)CC1. The molecule has 3 heteroatoms. The molecule has 1 saturated carbocycles. The monoisotopic (exact) mass is 204 g/mol. The number of carbonyl (C=O) groups excluding carboxylic acids is 1. The molecular formula is C12H12O3. The standard InChI is InChI=1S/C12H12O3/c13-7-12(3-4-12)10-2-1-9-6-14-8-15-11(9)5-10/h1-2,5,7H,3-4,6,8H2. The van der Waals surface area contributed by atoms with Crippen molar-refractivity contribution in [3.8, 4) is 5.75 Å². The maximum Gasteiger partial charge on any atom is 0.189 e. The molecule has 0 bridgehead atoms. The highest BCUT2D eigenvalue weighted by atomic mass is 16.7. The third-order valence-corrected chi connectivity index (χ3v) is 3.21. The molecule has 0 N–H and O–H groups in total. The molecule has 78 valence electrons. The summed E-state index contributed by atoms with van der Waals surface area (Å²) < 4.78 is 10.6. The van der Waals surface area contributed by atoms with Crippen molar-refractivity contribution in [3.63, 3.8) is 0 Å². The zero-order chi connectivity index (χ0) is 10.3. The number of rotatable bonds is 2. The second kappa shape index (κ2) is 3.07. The van der Waals surface area contributed by atoms with Crippen molar-refractivity contribution in [3.05, 3.63) is 29.3 Å². The van der Waals surface area contributed by atoms with Gasteiger partial charge in [-0.25, -0.2) is 0 Å². The van der Waals surface area contributed by atoms with Crippen LogP contribution in [0, 0.1) is 0 Å². The second-order valence-corrected chi connectivity index (χ2v) is 4.21. The maximum atomic E-state index is 11.0. The number of fused-ring (bicyclic) bond motifs is 1. The van der Waals surface area contributed by atoms with Crippen molar-refractivity contribution in [1.82, 2.24) is 0 Å². The van der Waals surface area contributed by atoms with Crippen LogP contribution in [0.5, 0.6) is 5.75 Å². The summed E-state index contributed by atoms with van der Waals surface area (Å²) in [6.45, 7) is 0.911. The maximum absolute atomic E-state index is 11.0. The summed E-state index contributed by atoms with van der Waals surface area (Å²) in [7, 11) is 0. The predicted octanol–water partition coefficient (Wildman–Crippen LogP) is 1.78. The fourth-order valence-corrected chi connectivity index (χ4v) is 1.98. The fourth-order valence-electron chi connectivity index (χ4n) is 1.98. The van der Waals surface area contributed by atoms with Crippen molar-refractivity contribution < 1.29 is 14.3 Å². The molecule has 1 aliphatic heterocycles. The zero-order valence-electron chi connectivity index (χ0n) is 8.36. The Morgan fingerprint density at radius 3 is 2.93 bits per heavy atom. The predicted molar refractivity (Wildman–Crippen MR) is 53.7 cm³/mol. The first-order chi connectivity index (χ1) is 7.34. The third kappa shape index (κ3) is 1.35. The van der Waals surface area contributed by atoms with Crippen LogP contribution in [0.2, 0.25) is 0 Å². The van der Waals surface area contributed by atoms with E-state index in [1.807, 2.05) is 18.2 Å². The number of benzene rings is 1. The van der Waals surface area contributed by atoms with E-state index < -0.39 is 0 Å². The first kappa shape index (κ1) is 8.92. The van der Waals surface area contributed by atoms with Gasteiger partial charge in [-0.3, -0.25) is 0 Å². The third-order valence-electron chi connectivity index (χ3n) is 3.21. The molecule has 1 fully saturated rings. The van der Waals surface area contributed by atoms with Crippen LogP contribution in [0.4, 0.5) is 0 Å². The lowest BCUT2D eigenvalue weighted by Gasteiger charge is -2.19. The van der Waals surface area contributed by atoms with Gasteiger partial charge >= 0.3 is 0 Å². The van der Waals surface area contributed by atoms with Crippen molar-refractivity contribution in [2.24, 2.45) is 0 Å². The molecule has 0 spiro atoms. The quantitative estimate of drug-likeness (QED) is 0.689. The molecule has 0 amide bonds. The minimum Gasteiger partial charge on any atom is -0.467 e. The van der Waals surface area contributed by atoms with Gasteiger partial charge in [0, 0.05) is 5.56 Å². The molecule has 0 saturated heterocycles. The van der Waals surface area contributed by atoms with Gasteiger partial charge in [-0.05, 0) is 24.5 Å². The van der Waals surface area contributed by atoms with Gasteiger partial charge in [0.15, 0.2) is 6.79 Å². The van der Waals surface area contributed by atoms with Gasteiger partial charge in [0.05, 0.1) is 12.0 Å². The molecule has 0 aromatic heterocycles. The number of hydrogen-bond donors (Lipinski definition) is 0. The van der Waals surface area contributed by atoms with Gasteiger partial charge in [0.2, 0.25) is 0 Å². The Hall–Kier alpha value is -1.35. The highest BCUT2D eigenvalue weighted by Crippen LogP contribution is 2.47. The van der Waals surface area contributed by atoms with E-state index in [0.717, 1.165) is 36.0 Å². The van der Waals surface area contributed by atoms with E-state index in [1.165, 1.54) is 0 Å². The summed E-state index contributed by atoms with van der Waals surface area (Å²) in [5, 5.41) is 0. The Bertz CT molecular complexity index is 407. The van der Waals surface area contributed by atoms with E-state index in [0.29, 0.717) is 13.4 Å². The van der Waals surface area contributed by atoms with Crippen LogP contribution in [0.1, 0.15) is 24.0 Å². The van der Waals surface area contributed by atoms with Crippen LogP contribution >= 0.6 is 0 Å². The summed E-state index contributed by atoms with van der Waals surface area (Å²) in [6.07, 6.45) is 2.99. The molecule has 3 rings (SSSR count). The van der Waals surface area contributed by atoms with Crippen molar-refractivity contribution in [2.45, 2.75) is 24.9 Å². The lowest BCUT2D eigenvalue weighted by molar-refractivity contribution is -0.109. The summed E-state index contributed by atoms with van der Waals surface area (Å²) in [6, 6.07) is 5.99. The zero-order valence-corrected chi connectivity index (χ0v) is 8.36. The van der Waals surface area contributed by atoms with Gasteiger partial charge in [-0.2, -0.15) is 0 Å². The molecular weight excluding hydrogens is 192 g/mol. The Balaban J connectivity index is 2.01. The lowest BCUT2D eigenvalue weighted by atomic mass is 9.96. The van der Waals surface area contributed by atoms with E-state index in [2.05, 4.69) is 0 Å². The van der Waals surface area contributed by atoms with Crippen molar-refractivity contribution in [2.75, 3.05) is 6.79 Å². The fraction of sp³-hybridized carbons (Fsp3) is 0.417. The Morgan fingerprint density at radius 1 is 1.33 bits per heavy atom. The van der Waals surface area contributed by atoms with E-state index in [1.54, 1.807) is 0 Å². The first-order valence-electron chi connectivity index (χ1n) is 5.14. The molecule has 15 heavy (non-hydrogen) atoms. The molecule has 0 unspecified atom stereocenters. The molecule has 1 heterocycles. The van der Waals surface area contributed by atoms with Gasteiger partial charge < -0.3 is 14.3 Å². The van der Waals surface area contributed by atoms with Crippen LogP contribution in [0.15, 0.2) is 18.2 Å². The number of aldehydes is 1. The molecule has 0 atom stereocenters.